The first-order chi connectivity index (χ1) is 9.74. The summed E-state index contributed by atoms with van der Waals surface area (Å²) in [4.78, 5) is 11.7. The van der Waals surface area contributed by atoms with Gasteiger partial charge < -0.3 is 11.1 Å². The minimum atomic E-state index is -3.63. The summed E-state index contributed by atoms with van der Waals surface area (Å²) in [5.41, 5.74) is 5.62. The van der Waals surface area contributed by atoms with E-state index >= 15 is 0 Å². The molecule has 0 saturated heterocycles. The highest BCUT2D eigenvalue weighted by Crippen LogP contribution is 2.14. The van der Waals surface area contributed by atoms with E-state index in [1.165, 1.54) is 12.1 Å². The molecule has 0 heterocycles. The Morgan fingerprint density at radius 2 is 2.00 bits per heavy atom. The van der Waals surface area contributed by atoms with E-state index in [0.717, 1.165) is 0 Å². The lowest BCUT2D eigenvalue weighted by Gasteiger charge is -2.15. The minimum Gasteiger partial charge on any atom is -0.355 e. The number of benzene rings is 1. The van der Waals surface area contributed by atoms with Crippen LogP contribution in [0.25, 0.3) is 0 Å². The lowest BCUT2D eigenvalue weighted by Crippen LogP contribution is -2.41. The van der Waals surface area contributed by atoms with Gasteiger partial charge in [0.05, 0.1) is 4.90 Å². The predicted molar refractivity (Wildman–Crippen MR) is 82.5 cm³/mol. The average molecular weight is 334 g/mol. The molecule has 0 fully saturated rings. The van der Waals surface area contributed by atoms with Crippen LogP contribution >= 0.6 is 11.6 Å². The molecule has 6 nitrogen and oxygen atoms in total. The van der Waals surface area contributed by atoms with Crippen LogP contribution in [0.1, 0.15) is 13.8 Å². The van der Waals surface area contributed by atoms with Crippen LogP contribution in [0.2, 0.25) is 5.02 Å². The second-order valence-electron chi connectivity index (χ2n) is 4.79. The molecule has 0 aliphatic carbocycles. The van der Waals surface area contributed by atoms with Crippen molar-refractivity contribution < 1.29 is 13.2 Å². The number of hydrogen-bond donors (Lipinski definition) is 3. The highest BCUT2D eigenvalue weighted by Gasteiger charge is 2.17. The van der Waals surface area contributed by atoms with Crippen molar-refractivity contribution in [3.63, 3.8) is 0 Å². The molecule has 21 heavy (non-hydrogen) atoms. The van der Waals surface area contributed by atoms with Crippen LogP contribution in [-0.2, 0) is 14.8 Å². The van der Waals surface area contributed by atoms with Crippen molar-refractivity contribution in [1.29, 1.82) is 0 Å². The van der Waals surface area contributed by atoms with Gasteiger partial charge in [-0.1, -0.05) is 24.6 Å². The average Bonchev–Trinajstić information content (AvgIpc) is 2.42. The fourth-order valence-corrected chi connectivity index (χ4v) is 2.82. The topological polar surface area (TPSA) is 101 Å². The summed E-state index contributed by atoms with van der Waals surface area (Å²) in [7, 11) is -3.63. The summed E-state index contributed by atoms with van der Waals surface area (Å²) in [6.45, 7) is 3.74. The van der Waals surface area contributed by atoms with Gasteiger partial charge in [-0.3, -0.25) is 4.79 Å². The molecule has 0 radical (unpaired) electrons. The van der Waals surface area contributed by atoms with Crippen LogP contribution in [0.4, 0.5) is 0 Å². The standard InChI is InChI=1S/C13H20ClN3O3S/c1-9(10(2)15)13(18)16-6-7-17-21(19,20)12-5-3-4-11(14)8-12/h3-5,8-10,17H,6-7,15H2,1-2H3,(H,16,18). The molecule has 2 unspecified atom stereocenters. The molecule has 1 aromatic rings. The summed E-state index contributed by atoms with van der Waals surface area (Å²) >= 11 is 5.76. The van der Waals surface area contributed by atoms with Gasteiger partial charge in [0.15, 0.2) is 0 Å². The molecule has 2 atom stereocenters. The molecule has 0 spiro atoms. The van der Waals surface area contributed by atoms with Gasteiger partial charge in [-0.25, -0.2) is 13.1 Å². The Kier molecular flexibility index (Phi) is 6.60. The van der Waals surface area contributed by atoms with Gasteiger partial charge in [0, 0.05) is 30.1 Å². The Morgan fingerprint density at radius 1 is 1.33 bits per heavy atom. The van der Waals surface area contributed by atoms with E-state index in [1.807, 2.05) is 0 Å². The quantitative estimate of drug-likeness (QED) is 0.640. The number of amides is 1. The van der Waals surface area contributed by atoms with Gasteiger partial charge in [0.1, 0.15) is 0 Å². The largest absolute Gasteiger partial charge is 0.355 e. The smallest absolute Gasteiger partial charge is 0.240 e. The molecule has 1 aromatic carbocycles. The monoisotopic (exact) mass is 333 g/mol. The minimum absolute atomic E-state index is 0.0882. The third-order valence-electron chi connectivity index (χ3n) is 3.02. The van der Waals surface area contributed by atoms with Crippen LogP contribution in [0.3, 0.4) is 0 Å². The van der Waals surface area contributed by atoms with Crippen molar-refractivity contribution in [3.05, 3.63) is 29.3 Å². The first-order valence-electron chi connectivity index (χ1n) is 6.52. The maximum atomic E-state index is 12.0. The second-order valence-corrected chi connectivity index (χ2v) is 7.00. The van der Waals surface area contributed by atoms with E-state index in [-0.39, 0.29) is 35.9 Å². The summed E-state index contributed by atoms with van der Waals surface area (Å²) in [5, 5.41) is 2.97. The summed E-state index contributed by atoms with van der Waals surface area (Å²) in [5.74, 6) is -0.526. The molecular weight excluding hydrogens is 314 g/mol. The predicted octanol–water partition coefficient (Wildman–Crippen LogP) is 0.718. The SMILES string of the molecule is CC(N)C(C)C(=O)NCCNS(=O)(=O)c1cccc(Cl)c1. The molecule has 8 heteroatoms. The first-order valence-corrected chi connectivity index (χ1v) is 8.38. The normalized spacial score (nSPS) is 14.5. The number of sulfonamides is 1. The van der Waals surface area contributed by atoms with Crippen molar-refractivity contribution in [2.24, 2.45) is 11.7 Å². The highest BCUT2D eigenvalue weighted by atomic mass is 35.5. The van der Waals surface area contributed by atoms with Gasteiger partial charge in [0.25, 0.3) is 0 Å². The van der Waals surface area contributed by atoms with Gasteiger partial charge in [-0.15, -0.1) is 0 Å². The van der Waals surface area contributed by atoms with Crippen molar-refractivity contribution in [2.45, 2.75) is 24.8 Å². The van der Waals surface area contributed by atoms with E-state index in [9.17, 15) is 13.2 Å². The van der Waals surface area contributed by atoms with E-state index < -0.39 is 10.0 Å². The molecule has 1 rings (SSSR count). The number of carbonyl (C=O) groups excluding carboxylic acids is 1. The molecule has 118 valence electrons. The Labute approximate surface area is 130 Å². The third-order valence-corrected chi connectivity index (χ3v) is 4.72. The lowest BCUT2D eigenvalue weighted by molar-refractivity contribution is -0.124. The van der Waals surface area contributed by atoms with Crippen LogP contribution in [0.5, 0.6) is 0 Å². The molecule has 0 aliphatic rings. The van der Waals surface area contributed by atoms with Crippen LogP contribution < -0.4 is 15.8 Å². The van der Waals surface area contributed by atoms with E-state index in [4.69, 9.17) is 17.3 Å². The molecule has 0 aromatic heterocycles. The molecular formula is C13H20ClN3O3S. The first kappa shape index (κ1) is 17.9. The summed E-state index contributed by atoms with van der Waals surface area (Å²) < 4.78 is 26.3. The van der Waals surface area contributed by atoms with E-state index in [0.29, 0.717) is 5.02 Å². The zero-order chi connectivity index (χ0) is 16.0. The molecule has 0 aliphatic heterocycles. The summed E-state index contributed by atoms with van der Waals surface area (Å²) in [6, 6.07) is 5.71. The Morgan fingerprint density at radius 3 is 2.57 bits per heavy atom. The third kappa shape index (κ3) is 5.62. The summed E-state index contributed by atoms with van der Waals surface area (Å²) in [6.07, 6.45) is 0. The zero-order valence-corrected chi connectivity index (χ0v) is 13.5. The molecule has 4 N–H and O–H groups in total. The Hall–Kier alpha value is -1.15. The van der Waals surface area contributed by atoms with E-state index in [2.05, 4.69) is 10.0 Å². The van der Waals surface area contributed by atoms with Crippen LogP contribution in [0.15, 0.2) is 29.2 Å². The molecule has 0 bridgehead atoms. The molecule has 0 saturated carbocycles. The van der Waals surface area contributed by atoms with Crippen LogP contribution in [-0.4, -0.2) is 33.5 Å². The maximum Gasteiger partial charge on any atom is 0.240 e. The number of halogens is 1. The zero-order valence-electron chi connectivity index (χ0n) is 12.0. The fourth-order valence-electron chi connectivity index (χ4n) is 1.49. The second kappa shape index (κ2) is 7.74. The lowest BCUT2D eigenvalue weighted by atomic mass is 10.0. The highest BCUT2D eigenvalue weighted by molar-refractivity contribution is 7.89. The van der Waals surface area contributed by atoms with Gasteiger partial charge >= 0.3 is 0 Å². The maximum absolute atomic E-state index is 12.0. The molecule has 1 amide bonds. The number of nitrogens with two attached hydrogens (primary N) is 1. The Bertz CT molecular complexity index is 590. The van der Waals surface area contributed by atoms with Crippen molar-refractivity contribution in [3.8, 4) is 0 Å². The van der Waals surface area contributed by atoms with Crippen molar-refractivity contribution >= 4 is 27.5 Å². The van der Waals surface area contributed by atoms with Crippen LogP contribution in [0, 0.1) is 5.92 Å². The number of hydrogen-bond acceptors (Lipinski definition) is 4. The van der Waals surface area contributed by atoms with E-state index in [1.54, 1.807) is 26.0 Å². The number of carbonyl (C=O) groups is 1. The van der Waals surface area contributed by atoms with Crippen molar-refractivity contribution in [1.82, 2.24) is 10.0 Å². The Balaban J connectivity index is 2.47. The van der Waals surface area contributed by atoms with Gasteiger partial charge in [0.2, 0.25) is 15.9 Å². The number of rotatable bonds is 7. The van der Waals surface area contributed by atoms with Gasteiger partial charge in [-0.05, 0) is 25.1 Å². The number of nitrogens with one attached hydrogen (secondary N) is 2. The fraction of sp³-hybridized carbons (Fsp3) is 0.462. The van der Waals surface area contributed by atoms with Gasteiger partial charge in [-0.2, -0.15) is 0 Å². The van der Waals surface area contributed by atoms with Crippen molar-refractivity contribution in [2.75, 3.05) is 13.1 Å².